The number of ether oxygens (including phenoxy) is 1. The molecule has 4 rings (SSSR count). The first-order valence-electron chi connectivity index (χ1n) is 9.26. The van der Waals surface area contributed by atoms with E-state index in [0.717, 1.165) is 10.1 Å². The number of alkyl halides is 3. The second-order valence-corrected chi connectivity index (χ2v) is 7.03. The Hall–Kier alpha value is -3.10. The van der Waals surface area contributed by atoms with Crippen LogP contribution in [0.5, 0.6) is 0 Å². The van der Waals surface area contributed by atoms with Crippen LogP contribution in [0.3, 0.4) is 0 Å². The highest BCUT2D eigenvalue weighted by molar-refractivity contribution is 5.71. The van der Waals surface area contributed by atoms with Crippen LogP contribution in [0.15, 0.2) is 48.7 Å². The van der Waals surface area contributed by atoms with E-state index in [9.17, 15) is 18.0 Å². The molecule has 152 valence electrons. The first-order valence-corrected chi connectivity index (χ1v) is 9.26. The lowest BCUT2D eigenvalue weighted by atomic mass is 10.1. The predicted octanol–water partition coefficient (Wildman–Crippen LogP) is 4.11. The molecule has 1 aliphatic rings. The summed E-state index contributed by atoms with van der Waals surface area (Å²) in [6.45, 7) is 1.02. The number of hydrogen-bond donors (Lipinski definition) is 0. The van der Waals surface area contributed by atoms with Crippen LogP contribution < -0.4 is 0 Å². The van der Waals surface area contributed by atoms with E-state index < -0.39 is 18.1 Å². The second-order valence-electron chi connectivity index (χ2n) is 7.03. The van der Waals surface area contributed by atoms with Gasteiger partial charge >= 0.3 is 12.3 Å². The molecule has 6 nitrogen and oxygen atoms in total. The first-order chi connectivity index (χ1) is 13.9. The van der Waals surface area contributed by atoms with Crippen molar-refractivity contribution in [3.8, 4) is 0 Å². The van der Waals surface area contributed by atoms with Crippen LogP contribution in [0, 0.1) is 5.92 Å². The molecule has 1 fully saturated rings. The summed E-state index contributed by atoms with van der Waals surface area (Å²) in [5.41, 5.74) is 1.28. The Bertz CT molecular complexity index is 1000. The number of rotatable bonds is 4. The van der Waals surface area contributed by atoms with E-state index in [1.807, 2.05) is 30.3 Å². The third-order valence-corrected chi connectivity index (χ3v) is 4.95. The highest BCUT2D eigenvalue weighted by atomic mass is 19.4. The van der Waals surface area contributed by atoms with Crippen LogP contribution in [0.1, 0.15) is 17.8 Å². The SMILES string of the molecule is O=C(OCc1ccccc1)N1CC[C@@H](Cn2c(C(F)(F)F)nc3cccnc32)C1. The van der Waals surface area contributed by atoms with Gasteiger partial charge in [0.1, 0.15) is 12.1 Å². The zero-order chi connectivity index (χ0) is 20.4. The molecule has 1 atom stereocenters. The maximum absolute atomic E-state index is 13.4. The van der Waals surface area contributed by atoms with Gasteiger partial charge in [0.25, 0.3) is 0 Å². The summed E-state index contributed by atoms with van der Waals surface area (Å²) in [6, 6.07) is 12.4. The Kier molecular flexibility index (Phi) is 5.12. The number of aromatic nitrogens is 3. The molecule has 0 unspecified atom stereocenters. The fraction of sp³-hybridized carbons (Fsp3) is 0.350. The largest absolute Gasteiger partial charge is 0.449 e. The molecule has 1 amide bonds. The van der Waals surface area contributed by atoms with Crippen molar-refractivity contribution in [2.24, 2.45) is 5.92 Å². The average Bonchev–Trinajstić information content (AvgIpc) is 3.32. The quantitative estimate of drug-likeness (QED) is 0.657. The summed E-state index contributed by atoms with van der Waals surface area (Å²) in [4.78, 5) is 21.6. The molecule has 29 heavy (non-hydrogen) atoms. The average molecular weight is 404 g/mol. The zero-order valence-electron chi connectivity index (χ0n) is 15.5. The maximum Gasteiger partial charge on any atom is 0.449 e. The molecule has 2 aromatic heterocycles. The summed E-state index contributed by atoms with van der Waals surface area (Å²) in [6.07, 6.45) is -3.00. The molecular formula is C20H19F3N4O2. The molecule has 1 saturated heterocycles. The van der Waals surface area contributed by atoms with Crippen molar-refractivity contribution in [3.05, 3.63) is 60.0 Å². The van der Waals surface area contributed by atoms with Crippen LogP contribution in [0.2, 0.25) is 0 Å². The van der Waals surface area contributed by atoms with Crippen LogP contribution in [-0.4, -0.2) is 38.6 Å². The van der Waals surface area contributed by atoms with Gasteiger partial charge < -0.3 is 14.2 Å². The normalized spacial score (nSPS) is 17.1. The molecule has 0 aliphatic carbocycles. The number of halogens is 3. The van der Waals surface area contributed by atoms with Gasteiger partial charge in [0, 0.05) is 25.8 Å². The summed E-state index contributed by atoms with van der Waals surface area (Å²) in [5.74, 6) is -1.10. The second kappa shape index (κ2) is 7.73. The van der Waals surface area contributed by atoms with Gasteiger partial charge in [0.2, 0.25) is 5.82 Å². The number of amides is 1. The number of hydrogen-bond acceptors (Lipinski definition) is 4. The molecule has 3 heterocycles. The number of carbonyl (C=O) groups excluding carboxylic acids is 1. The number of nitrogens with zero attached hydrogens (tertiary/aromatic N) is 4. The van der Waals surface area contributed by atoms with Gasteiger partial charge in [-0.25, -0.2) is 14.8 Å². The highest BCUT2D eigenvalue weighted by Crippen LogP contribution is 2.32. The number of pyridine rings is 1. The van der Waals surface area contributed by atoms with Crippen LogP contribution in [0.4, 0.5) is 18.0 Å². The van der Waals surface area contributed by atoms with E-state index in [0.29, 0.717) is 19.5 Å². The van der Waals surface area contributed by atoms with Crippen molar-refractivity contribution in [3.63, 3.8) is 0 Å². The standard InChI is InChI=1S/C20H19F3N4O2/c21-20(22,23)18-25-16-7-4-9-24-17(16)27(18)12-15-8-10-26(11-15)19(28)29-13-14-5-2-1-3-6-14/h1-7,9,15H,8,10-13H2/t15-/m1/s1. The molecule has 0 saturated carbocycles. The molecule has 0 radical (unpaired) electrons. The lowest BCUT2D eigenvalue weighted by molar-refractivity contribution is -0.147. The predicted molar refractivity (Wildman–Crippen MR) is 98.8 cm³/mol. The molecule has 0 spiro atoms. The van der Waals surface area contributed by atoms with Gasteiger partial charge in [-0.2, -0.15) is 13.2 Å². The van der Waals surface area contributed by atoms with Gasteiger partial charge in [-0.15, -0.1) is 0 Å². The fourth-order valence-electron chi connectivity index (χ4n) is 3.56. The Labute approximate surface area is 164 Å². The zero-order valence-corrected chi connectivity index (χ0v) is 15.5. The van der Waals surface area contributed by atoms with Crippen LogP contribution >= 0.6 is 0 Å². The molecule has 3 aromatic rings. The lowest BCUT2D eigenvalue weighted by Crippen LogP contribution is -2.30. The molecular weight excluding hydrogens is 385 g/mol. The smallest absolute Gasteiger partial charge is 0.445 e. The highest BCUT2D eigenvalue weighted by Gasteiger charge is 2.39. The Morgan fingerprint density at radius 1 is 1.17 bits per heavy atom. The lowest BCUT2D eigenvalue weighted by Gasteiger charge is -2.18. The number of carbonyl (C=O) groups is 1. The van der Waals surface area contributed by atoms with Crippen molar-refractivity contribution >= 4 is 17.3 Å². The monoisotopic (exact) mass is 404 g/mol. The van der Waals surface area contributed by atoms with Crippen LogP contribution in [-0.2, 0) is 24.1 Å². The topological polar surface area (TPSA) is 60.2 Å². The number of likely N-dealkylation sites (tertiary alicyclic amines) is 1. The van der Waals surface area contributed by atoms with Gasteiger partial charge in [-0.05, 0) is 30.0 Å². The third-order valence-electron chi connectivity index (χ3n) is 4.95. The van der Waals surface area contributed by atoms with Gasteiger partial charge in [-0.3, -0.25) is 0 Å². The maximum atomic E-state index is 13.4. The van der Waals surface area contributed by atoms with E-state index >= 15 is 0 Å². The number of imidazole rings is 1. The van der Waals surface area contributed by atoms with Gasteiger partial charge in [0.15, 0.2) is 5.65 Å². The molecule has 0 bridgehead atoms. The third kappa shape index (κ3) is 4.18. The van der Waals surface area contributed by atoms with E-state index in [2.05, 4.69) is 9.97 Å². The molecule has 1 aromatic carbocycles. The fourth-order valence-corrected chi connectivity index (χ4v) is 3.56. The summed E-state index contributed by atoms with van der Waals surface area (Å²) < 4.78 is 46.7. The summed E-state index contributed by atoms with van der Waals surface area (Å²) >= 11 is 0. The van der Waals surface area contributed by atoms with Gasteiger partial charge in [-0.1, -0.05) is 30.3 Å². The van der Waals surface area contributed by atoms with E-state index in [1.165, 1.54) is 17.2 Å². The Morgan fingerprint density at radius 3 is 2.72 bits per heavy atom. The number of fused-ring (bicyclic) bond motifs is 1. The minimum atomic E-state index is -4.58. The van der Waals surface area contributed by atoms with E-state index in [-0.39, 0.29) is 30.2 Å². The molecule has 9 heteroatoms. The van der Waals surface area contributed by atoms with Crippen molar-refractivity contribution in [1.82, 2.24) is 19.4 Å². The van der Waals surface area contributed by atoms with Crippen molar-refractivity contribution in [1.29, 1.82) is 0 Å². The molecule has 0 N–H and O–H groups in total. The Morgan fingerprint density at radius 2 is 1.97 bits per heavy atom. The van der Waals surface area contributed by atoms with Crippen molar-refractivity contribution in [2.75, 3.05) is 13.1 Å². The molecule has 1 aliphatic heterocycles. The van der Waals surface area contributed by atoms with E-state index in [4.69, 9.17) is 4.74 Å². The van der Waals surface area contributed by atoms with Crippen molar-refractivity contribution < 1.29 is 22.7 Å². The minimum absolute atomic E-state index is 0.0881. The number of benzene rings is 1. The summed E-state index contributed by atoms with van der Waals surface area (Å²) in [5, 5.41) is 0. The Balaban J connectivity index is 1.43. The minimum Gasteiger partial charge on any atom is -0.445 e. The first kappa shape index (κ1) is 19.2. The summed E-state index contributed by atoms with van der Waals surface area (Å²) in [7, 11) is 0. The van der Waals surface area contributed by atoms with Crippen LogP contribution in [0.25, 0.3) is 11.2 Å². The van der Waals surface area contributed by atoms with Gasteiger partial charge in [0.05, 0.1) is 0 Å². The van der Waals surface area contributed by atoms with Crippen molar-refractivity contribution in [2.45, 2.75) is 25.7 Å². The van der Waals surface area contributed by atoms with E-state index in [1.54, 1.807) is 6.07 Å².